The first-order valence-corrected chi connectivity index (χ1v) is 9.29. The molecule has 3 N–H and O–H groups in total. The van der Waals surface area contributed by atoms with Crippen molar-refractivity contribution in [2.45, 2.75) is 6.18 Å². The normalized spacial score (nSPS) is 10.9. The van der Waals surface area contributed by atoms with E-state index >= 15 is 0 Å². The van der Waals surface area contributed by atoms with E-state index in [1.165, 1.54) is 0 Å². The lowest BCUT2D eigenvalue weighted by Gasteiger charge is -2.13. The first-order chi connectivity index (χ1) is 16.0. The molecule has 0 spiro atoms. The van der Waals surface area contributed by atoms with Gasteiger partial charge in [-0.1, -0.05) is 11.6 Å². The van der Waals surface area contributed by atoms with Crippen LogP contribution in [0.3, 0.4) is 0 Å². The van der Waals surface area contributed by atoms with Gasteiger partial charge in [-0.15, -0.1) is 0 Å². The molecule has 0 aliphatic heterocycles. The van der Waals surface area contributed by atoms with Crippen molar-refractivity contribution in [3.05, 3.63) is 85.2 Å². The molecule has 1 heterocycles. The minimum atomic E-state index is -4.76. The predicted octanol–water partition coefficient (Wildman–Crippen LogP) is 4.47. The second-order valence-corrected chi connectivity index (χ2v) is 6.78. The molecule has 0 fully saturated rings. The molecule has 0 radical (unpaired) electrons. The number of benzene rings is 2. The monoisotopic (exact) mass is 497 g/mol. The Labute approximate surface area is 192 Å². The number of anilines is 3. The van der Waals surface area contributed by atoms with Gasteiger partial charge in [-0.25, -0.2) is 9.97 Å². The summed E-state index contributed by atoms with van der Waals surface area (Å²) < 4.78 is 39.3. The number of hydrogen-bond donors (Lipinski definition) is 3. The number of carbonyl (C=O) groups is 1. The van der Waals surface area contributed by atoms with Gasteiger partial charge in [-0.3, -0.25) is 35.9 Å². The number of aromatic nitrogens is 2. The topological polar surface area (TPSA) is 165 Å². The summed E-state index contributed by atoms with van der Waals surface area (Å²) in [7, 11) is 0. The molecule has 3 rings (SSSR count). The summed E-state index contributed by atoms with van der Waals surface area (Å²) in [4.78, 5) is 40.3. The first-order valence-electron chi connectivity index (χ1n) is 8.91. The maximum Gasteiger partial charge on any atom is 0.417 e. The fourth-order valence-corrected chi connectivity index (χ4v) is 2.84. The molecule has 0 unspecified atom stereocenters. The maximum absolute atomic E-state index is 13.1. The number of amides is 1. The third-order valence-electron chi connectivity index (χ3n) is 4.17. The van der Waals surface area contributed by atoms with Crippen LogP contribution in [0.5, 0.6) is 0 Å². The molecule has 1 amide bonds. The molecule has 0 aliphatic rings. The third kappa shape index (κ3) is 5.44. The number of nitro benzene ring substituents is 1. The highest BCUT2D eigenvalue weighted by atomic mass is 35.5. The highest BCUT2D eigenvalue weighted by Gasteiger charge is 2.33. The van der Waals surface area contributed by atoms with Gasteiger partial charge in [0.1, 0.15) is 6.33 Å². The molecular weight excluding hydrogens is 487 g/mol. The van der Waals surface area contributed by atoms with Crippen LogP contribution in [0, 0.1) is 20.2 Å². The molecule has 2 aromatic carbocycles. The summed E-state index contributed by atoms with van der Waals surface area (Å²) in [6.45, 7) is 0. The lowest BCUT2D eigenvalue weighted by Crippen LogP contribution is -2.30. The van der Waals surface area contributed by atoms with E-state index in [0.717, 1.165) is 42.7 Å². The molecule has 1 aromatic heterocycles. The van der Waals surface area contributed by atoms with Crippen LogP contribution in [0.25, 0.3) is 0 Å². The number of carbonyl (C=O) groups excluding carboxylic acids is 1. The molecule has 16 heteroatoms. The van der Waals surface area contributed by atoms with Gasteiger partial charge in [0.05, 0.1) is 20.4 Å². The van der Waals surface area contributed by atoms with Crippen molar-refractivity contribution in [1.82, 2.24) is 15.4 Å². The number of hydrogen-bond acceptors (Lipinski definition) is 9. The molecule has 0 bridgehead atoms. The van der Waals surface area contributed by atoms with Crippen LogP contribution in [0.4, 0.5) is 41.9 Å². The lowest BCUT2D eigenvalue weighted by molar-refractivity contribution is -0.384. The maximum atomic E-state index is 13.1. The van der Waals surface area contributed by atoms with Crippen molar-refractivity contribution in [1.29, 1.82) is 0 Å². The molecule has 34 heavy (non-hydrogen) atoms. The molecule has 0 aliphatic carbocycles. The summed E-state index contributed by atoms with van der Waals surface area (Å²) in [5.41, 5.74) is 1.98. The minimum Gasteiger partial charge on any atom is -0.334 e. The number of rotatable bonds is 7. The number of hydrazine groups is 1. The summed E-state index contributed by atoms with van der Waals surface area (Å²) in [5.74, 6) is -1.75. The van der Waals surface area contributed by atoms with Gasteiger partial charge in [-0.05, 0) is 30.3 Å². The SMILES string of the molecule is O=C(NNc1ncnc(Nc2ccc(Cl)c(C(F)(F)F)c2)c1[N+](=O)[O-])c1ccc([N+](=O)[O-])cc1. The zero-order chi connectivity index (χ0) is 25.0. The zero-order valence-corrected chi connectivity index (χ0v) is 17.2. The van der Waals surface area contributed by atoms with Crippen molar-refractivity contribution in [2.24, 2.45) is 0 Å². The van der Waals surface area contributed by atoms with E-state index in [-0.39, 0.29) is 16.9 Å². The van der Waals surface area contributed by atoms with Gasteiger partial charge < -0.3 is 5.32 Å². The fourth-order valence-electron chi connectivity index (χ4n) is 2.61. The lowest BCUT2D eigenvalue weighted by atomic mass is 10.2. The second kappa shape index (κ2) is 9.53. The van der Waals surface area contributed by atoms with Crippen LogP contribution in [-0.2, 0) is 6.18 Å². The van der Waals surface area contributed by atoms with E-state index in [4.69, 9.17) is 11.6 Å². The first kappa shape index (κ1) is 24.1. The molecule has 0 saturated heterocycles. The quantitative estimate of drug-likeness (QED) is 0.315. The van der Waals surface area contributed by atoms with Crippen LogP contribution >= 0.6 is 11.6 Å². The van der Waals surface area contributed by atoms with Gasteiger partial charge in [0, 0.05) is 23.4 Å². The van der Waals surface area contributed by atoms with E-state index in [1.807, 2.05) is 0 Å². The Morgan fingerprint density at radius 1 is 0.971 bits per heavy atom. The van der Waals surface area contributed by atoms with E-state index < -0.39 is 49.8 Å². The van der Waals surface area contributed by atoms with E-state index in [0.29, 0.717) is 6.07 Å². The third-order valence-corrected chi connectivity index (χ3v) is 4.50. The van der Waals surface area contributed by atoms with Crippen LogP contribution in [0.1, 0.15) is 15.9 Å². The Morgan fingerprint density at radius 2 is 1.62 bits per heavy atom. The van der Waals surface area contributed by atoms with E-state index in [1.54, 1.807) is 0 Å². The molecule has 0 saturated carbocycles. The molecule has 176 valence electrons. The second-order valence-electron chi connectivity index (χ2n) is 6.38. The standard InChI is InChI=1S/C18H11ClF3N7O5/c19-13-6-3-10(7-12(13)18(20,21)22)25-15-14(29(33)34)16(24-8-23-15)26-27-17(30)9-1-4-11(5-2-9)28(31)32/h1-8H,(H,27,30)(H2,23,24,25,26). The zero-order valence-electron chi connectivity index (χ0n) is 16.5. The van der Waals surface area contributed by atoms with Crippen LogP contribution in [0.2, 0.25) is 5.02 Å². The largest absolute Gasteiger partial charge is 0.417 e. The number of alkyl halides is 3. The summed E-state index contributed by atoms with van der Waals surface area (Å²) in [5, 5.41) is 24.1. The Morgan fingerprint density at radius 3 is 2.21 bits per heavy atom. The Kier molecular flexibility index (Phi) is 6.76. The Hall–Kier alpha value is -4.53. The van der Waals surface area contributed by atoms with E-state index in [2.05, 4.69) is 26.1 Å². The van der Waals surface area contributed by atoms with Crippen molar-refractivity contribution < 1.29 is 27.8 Å². The van der Waals surface area contributed by atoms with Gasteiger partial charge in [0.2, 0.25) is 11.6 Å². The molecular formula is C18H11ClF3N7O5. The van der Waals surface area contributed by atoms with Crippen LogP contribution in [0.15, 0.2) is 48.8 Å². The number of halogens is 4. The average molecular weight is 498 g/mol. The average Bonchev–Trinajstić information content (AvgIpc) is 2.77. The predicted molar refractivity (Wildman–Crippen MR) is 113 cm³/mol. The Bertz CT molecular complexity index is 1270. The van der Waals surface area contributed by atoms with Crippen molar-refractivity contribution in [2.75, 3.05) is 10.7 Å². The summed E-state index contributed by atoms with van der Waals surface area (Å²) in [6, 6.07) is 7.27. The van der Waals surface area contributed by atoms with Crippen molar-refractivity contribution in [3.63, 3.8) is 0 Å². The molecule has 3 aromatic rings. The van der Waals surface area contributed by atoms with Gasteiger partial charge >= 0.3 is 11.9 Å². The van der Waals surface area contributed by atoms with Crippen LogP contribution < -0.4 is 16.2 Å². The fraction of sp³-hybridized carbons (Fsp3) is 0.0556. The number of non-ortho nitro benzene ring substituents is 1. The number of nitrogens with zero attached hydrogens (tertiary/aromatic N) is 4. The van der Waals surface area contributed by atoms with Crippen LogP contribution in [-0.4, -0.2) is 25.7 Å². The number of nitro groups is 2. The van der Waals surface area contributed by atoms with E-state index in [9.17, 15) is 38.2 Å². The highest BCUT2D eigenvalue weighted by Crippen LogP contribution is 2.38. The van der Waals surface area contributed by atoms with Gasteiger partial charge in [-0.2, -0.15) is 13.2 Å². The minimum absolute atomic E-state index is 0.00555. The molecule has 12 nitrogen and oxygen atoms in total. The number of nitrogens with one attached hydrogen (secondary N) is 3. The summed E-state index contributed by atoms with van der Waals surface area (Å²) >= 11 is 5.57. The van der Waals surface area contributed by atoms with Crippen molar-refractivity contribution in [3.8, 4) is 0 Å². The Balaban J connectivity index is 1.83. The highest BCUT2D eigenvalue weighted by molar-refractivity contribution is 6.31. The summed E-state index contributed by atoms with van der Waals surface area (Å²) in [6.07, 6.45) is -3.89. The van der Waals surface area contributed by atoms with Gasteiger partial charge in [0.15, 0.2) is 0 Å². The molecule has 0 atom stereocenters. The van der Waals surface area contributed by atoms with Gasteiger partial charge in [0.25, 0.3) is 11.6 Å². The smallest absolute Gasteiger partial charge is 0.334 e. The van der Waals surface area contributed by atoms with Crippen molar-refractivity contribution >= 4 is 46.2 Å².